The number of rotatable bonds is 7. The minimum absolute atomic E-state index is 0.0249. The van der Waals surface area contributed by atoms with Crippen LogP contribution in [0.5, 0.6) is 17.2 Å². The summed E-state index contributed by atoms with van der Waals surface area (Å²) < 4.78 is 17.0. The summed E-state index contributed by atoms with van der Waals surface area (Å²) in [5.41, 5.74) is 9.97. The van der Waals surface area contributed by atoms with Crippen molar-refractivity contribution in [3.8, 4) is 17.2 Å². The zero-order chi connectivity index (χ0) is 30.8. The molecule has 1 saturated heterocycles. The van der Waals surface area contributed by atoms with Crippen molar-refractivity contribution >= 4 is 28.8 Å². The molecule has 0 bridgehead atoms. The van der Waals surface area contributed by atoms with E-state index in [1.54, 1.807) is 32.3 Å². The Kier molecular flexibility index (Phi) is 7.52. The molecule has 0 radical (unpaired) electrons. The number of aromatic nitrogens is 4. The largest absolute Gasteiger partial charge is 0.493 e. The zero-order valence-electron chi connectivity index (χ0n) is 24.6. The molecule has 1 unspecified atom stereocenters. The van der Waals surface area contributed by atoms with Crippen molar-refractivity contribution in [3.05, 3.63) is 107 Å². The molecular weight excluding hydrogens is 560 g/mol. The smallest absolute Gasteiger partial charge is 0.275 e. The van der Waals surface area contributed by atoms with E-state index in [1.807, 2.05) is 54.6 Å². The van der Waals surface area contributed by atoms with Crippen molar-refractivity contribution in [3.63, 3.8) is 0 Å². The maximum absolute atomic E-state index is 12.7. The lowest BCUT2D eigenvalue weighted by atomic mass is 9.68. The van der Waals surface area contributed by atoms with Gasteiger partial charge in [-0.3, -0.25) is 19.8 Å². The summed E-state index contributed by atoms with van der Waals surface area (Å²) in [4.78, 5) is 25.2. The number of nitrogens with one attached hydrogen (secondary N) is 2. The number of carbonyl (C=O) groups excluding carboxylic acids is 2. The summed E-state index contributed by atoms with van der Waals surface area (Å²) in [6, 6.07) is 21.5. The maximum Gasteiger partial charge on any atom is 0.275 e. The zero-order valence-corrected chi connectivity index (χ0v) is 24.6. The molecule has 5 aromatic rings. The van der Waals surface area contributed by atoms with Crippen molar-refractivity contribution in [2.24, 2.45) is 5.73 Å². The van der Waals surface area contributed by atoms with E-state index in [-0.39, 0.29) is 5.91 Å². The number of nitrogens with zero attached hydrogens (tertiary/aromatic N) is 3. The highest BCUT2D eigenvalue weighted by Gasteiger charge is 2.41. The molecule has 11 nitrogen and oxygen atoms in total. The second-order valence-electron chi connectivity index (χ2n) is 10.5. The van der Waals surface area contributed by atoms with E-state index in [0.717, 1.165) is 46.4 Å². The molecule has 1 aliphatic carbocycles. The van der Waals surface area contributed by atoms with Crippen LogP contribution < -0.4 is 19.9 Å². The maximum atomic E-state index is 12.7. The number of allylic oxidation sites excluding steroid dienone is 1. The molecule has 0 saturated carbocycles. The Morgan fingerprint density at radius 3 is 2.23 bits per heavy atom. The number of amides is 2. The molecule has 2 aliphatic rings. The van der Waals surface area contributed by atoms with Crippen LogP contribution in [0.25, 0.3) is 17.0 Å². The van der Waals surface area contributed by atoms with Crippen molar-refractivity contribution in [1.82, 2.24) is 25.3 Å². The third-order valence-electron chi connectivity index (χ3n) is 7.99. The summed E-state index contributed by atoms with van der Waals surface area (Å²) in [6.07, 6.45) is 4.74. The van der Waals surface area contributed by atoms with Gasteiger partial charge in [-0.25, -0.2) is 0 Å². The quantitative estimate of drug-likeness (QED) is 0.241. The normalized spacial score (nSPS) is 16.5. The summed E-state index contributed by atoms with van der Waals surface area (Å²) in [5, 5.41) is 14.8. The van der Waals surface area contributed by atoms with Crippen LogP contribution in [0.3, 0.4) is 0 Å². The lowest BCUT2D eigenvalue weighted by molar-refractivity contribution is 0.0879. The molecular formula is C33H32N6O5. The molecule has 44 heavy (non-hydrogen) atoms. The van der Waals surface area contributed by atoms with Gasteiger partial charge in [-0.2, -0.15) is 10.2 Å². The molecule has 2 aromatic heterocycles. The number of primary amides is 1. The van der Waals surface area contributed by atoms with Crippen LogP contribution in [0.2, 0.25) is 0 Å². The van der Waals surface area contributed by atoms with Gasteiger partial charge in [-0.15, -0.1) is 0 Å². The van der Waals surface area contributed by atoms with Crippen LogP contribution in [0, 0.1) is 0 Å². The third-order valence-corrected chi connectivity index (χ3v) is 7.99. The second kappa shape index (κ2) is 11.6. The fourth-order valence-corrected chi connectivity index (χ4v) is 5.71. The lowest BCUT2D eigenvalue weighted by Crippen LogP contribution is -2.31. The molecule has 7 rings (SSSR count). The van der Waals surface area contributed by atoms with Crippen molar-refractivity contribution in [2.45, 2.75) is 11.8 Å². The predicted molar refractivity (Wildman–Crippen MR) is 165 cm³/mol. The van der Waals surface area contributed by atoms with Gasteiger partial charge in [0.25, 0.3) is 11.8 Å². The van der Waals surface area contributed by atoms with Gasteiger partial charge < -0.3 is 24.8 Å². The van der Waals surface area contributed by atoms with Crippen LogP contribution >= 0.6 is 0 Å². The van der Waals surface area contributed by atoms with E-state index in [2.05, 4.69) is 38.6 Å². The monoisotopic (exact) mass is 592 g/mol. The number of aromatic amines is 2. The van der Waals surface area contributed by atoms with Gasteiger partial charge in [-0.1, -0.05) is 66.7 Å². The van der Waals surface area contributed by atoms with Crippen LogP contribution in [0.15, 0.2) is 72.8 Å². The topological polar surface area (TPSA) is 148 Å². The van der Waals surface area contributed by atoms with Gasteiger partial charge in [-0.05, 0) is 17.7 Å². The first-order chi connectivity index (χ1) is 21.4. The first-order valence-electron chi connectivity index (χ1n) is 14.1. The fraction of sp³-hybridized carbons (Fsp3) is 0.212. The van der Waals surface area contributed by atoms with Gasteiger partial charge >= 0.3 is 0 Å². The fourth-order valence-electron chi connectivity index (χ4n) is 5.71. The standard InChI is InChI=1S/C25H25N3O4.C8H7N3O/c1-30-20-10-9-18(22(31-2)23(20)32-3)25(16-7-5-4-6-8-16)12-11-17-19(15-25)26-27-21(17)24(29)28-13-14-28;9-8(12)7-5-3-1-2-4-6(5)10-11-7/h4-12H,13-15H2,1-3H3,(H,26,27);1-4H,(H2,9,12)(H,10,11). The number of ether oxygens (including phenoxy) is 3. The van der Waals surface area contributed by atoms with E-state index in [1.165, 1.54) is 0 Å². The summed E-state index contributed by atoms with van der Waals surface area (Å²) in [7, 11) is 4.85. The Morgan fingerprint density at radius 1 is 0.841 bits per heavy atom. The van der Waals surface area contributed by atoms with E-state index in [4.69, 9.17) is 19.9 Å². The Balaban J connectivity index is 0.000000238. The Morgan fingerprint density at radius 2 is 1.55 bits per heavy atom. The molecule has 0 spiro atoms. The molecule has 11 heteroatoms. The van der Waals surface area contributed by atoms with Crippen LogP contribution in [-0.4, -0.2) is 71.5 Å². The molecule has 3 aromatic carbocycles. The van der Waals surface area contributed by atoms with Gasteiger partial charge in [0, 0.05) is 47.1 Å². The highest BCUT2D eigenvalue weighted by atomic mass is 16.5. The predicted octanol–water partition coefficient (Wildman–Crippen LogP) is 4.11. The molecule has 224 valence electrons. The number of H-pyrrole nitrogens is 2. The lowest BCUT2D eigenvalue weighted by Gasteiger charge is -2.36. The number of hydrogen-bond donors (Lipinski definition) is 3. The van der Waals surface area contributed by atoms with Crippen molar-refractivity contribution < 1.29 is 23.8 Å². The average Bonchev–Trinajstić information content (AvgIpc) is 3.69. The van der Waals surface area contributed by atoms with Crippen molar-refractivity contribution in [2.75, 3.05) is 34.4 Å². The summed E-state index contributed by atoms with van der Waals surface area (Å²) in [6.45, 7) is 1.59. The van der Waals surface area contributed by atoms with Gasteiger partial charge in [0.1, 0.15) is 0 Å². The average molecular weight is 593 g/mol. The van der Waals surface area contributed by atoms with Gasteiger partial charge in [0.05, 0.1) is 26.8 Å². The molecule has 3 heterocycles. The number of carbonyl (C=O) groups is 2. The molecule has 1 aliphatic heterocycles. The van der Waals surface area contributed by atoms with Crippen LogP contribution in [-0.2, 0) is 11.8 Å². The Hall–Kier alpha value is -5.58. The SMILES string of the molecule is COc1ccc(C2(c3ccccc3)C=Cc3c(C(=O)N4CC4)n[nH]c3C2)c(OC)c1OC.NC(=O)c1n[nH]c2ccccc12. The minimum atomic E-state index is -0.550. The number of nitrogens with two attached hydrogens (primary N) is 1. The molecule has 4 N–H and O–H groups in total. The Bertz CT molecular complexity index is 1870. The Labute approximate surface area is 253 Å². The second-order valence-corrected chi connectivity index (χ2v) is 10.5. The minimum Gasteiger partial charge on any atom is -0.493 e. The third kappa shape index (κ3) is 4.91. The molecule has 1 fully saturated rings. The molecule has 1 atom stereocenters. The number of hydrogen-bond acceptors (Lipinski definition) is 7. The van der Waals surface area contributed by atoms with Crippen LogP contribution in [0.4, 0.5) is 0 Å². The van der Waals surface area contributed by atoms with Crippen molar-refractivity contribution in [1.29, 1.82) is 0 Å². The van der Waals surface area contributed by atoms with Crippen LogP contribution in [0.1, 0.15) is 43.4 Å². The number of fused-ring (bicyclic) bond motifs is 2. The van der Waals surface area contributed by atoms with E-state index in [0.29, 0.717) is 35.1 Å². The number of methoxy groups -OCH3 is 3. The highest BCUT2D eigenvalue weighted by molar-refractivity contribution is 6.03. The van der Waals surface area contributed by atoms with E-state index >= 15 is 0 Å². The van der Waals surface area contributed by atoms with Gasteiger partial charge in [0.15, 0.2) is 22.9 Å². The summed E-state index contributed by atoms with van der Waals surface area (Å²) in [5.74, 6) is 1.23. The summed E-state index contributed by atoms with van der Waals surface area (Å²) >= 11 is 0. The first-order valence-corrected chi connectivity index (χ1v) is 14.1. The van der Waals surface area contributed by atoms with E-state index < -0.39 is 11.3 Å². The molecule has 2 amide bonds. The van der Waals surface area contributed by atoms with E-state index in [9.17, 15) is 9.59 Å². The number of benzene rings is 3. The first kappa shape index (κ1) is 28.5. The highest BCUT2D eigenvalue weighted by Crippen LogP contribution is 2.50. The number of para-hydroxylation sites is 1. The van der Waals surface area contributed by atoms with Gasteiger partial charge in [0.2, 0.25) is 5.75 Å².